The third-order valence-corrected chi connectivity index (χ3v) is 6.84. The molecule has 0 aliphatic carbocycles. The lowest BCUT2D eigenvalue weighted by Crippen LogP contribution is -2.49. The van der Waals surface area contributed by atoms with E-state index >= 15 is 0 Å². The summed E-state index contributed by atoms with van der Waals surface area (Å²) in [5.74, 6) is -0.131. The molecular formula is C29H32FNO2. The minimum absolute atomic E-state index is 0.0457. The maximum Gasteiger partial charge on any atom is 0.223 e. The number of carbonyl (C=O) groups is 1. The number of likely N-dealkylation sites (tertiary alicyclic amines) is 1. The summed E-state index contributed by atoms with van der Waals surface area (Å²) in [6.45, 7) is 6.35. The van der Waals surface area contributed by atoms with Crippen LogP contribution < -0.4 is 0 Å². The molecule has 1 N–H and O–H groups in total. The van der Waals surface area contributed by atoms with Crippen LogP contribution in [-0.2, 0) is 10.2 Å². The molecule has 0 unspecified atom stereocenters. The molecule has 1 fully saturated rings. The number of hydrogen-bond donors (Lipinski definition) is 1. The maximum absolute atomic E-state index is 13.4. The normalized spacial score (nSPS) is 20.0. The predicted octanol–water partition coefficient (Wildman–Crippen LogP) is 6.28. The van der Waals surface area contributed by atoms with Crippen LogP contribution in [0, 0.1) is 5.82 Å². The molecule has 1 amide bonds. The Bertz CT molecular complexity index is 1090. The lowest BCUT2D eigenvalue weighted by molar-refractivity contribution is -0.139. The van der Waals surface area contributed by atoms with E-state index in [0.717, 1.165) is 28.7 Å². The minimum atomic E-state index is -0.861. The lowest BCUT2D eigenvalue weighted by atomic mass is 9.66. The van der Waals surface area contributed by atoms with E-state index in [1.165, 1.54) is 12.1 Å². The van der Waals surface area contributed by atoms with Gasteiger partial charge in [0.15, 0.2) is 0 Å². The maximum atomic E-state index is 13.4. The van der Waals surface area contributed by atoms with Crippen molar-refractivity contribution in [3.63, 3.8) is 0 Å². The van der Waals surface area contributed by atoms with Crippen molar-refractivity contribution in [2.75, 3.05) is 6.54 Å². The van der Waals surface area contributed by atoms with Gasteiger partial charge in [0.05, 0.1) is 11.6 Å². The number of benzene rings is 3. The third kappa shape index (κ3) is 5.17. The fraction of sp³-hybridized carbons (Fsp3) is 0.345. The van der Waals surface area contributed by atoms with Gasteiger partial charge in [-0.25, -0.2) is 4.39 Å². The molecular weight excluding hydrogens is 413 g/mol. The van der Waals surface area contributed by atoms with E-state index in [4.69, 9.17) is 0 Å². The van der Waals surface area contributed by atoms with Crippen LogP contribution in [0.5, 0.6) is 0 Å². The van der Waals surface area contributed by atoms with Crippen LogP contribution in [0.1, 0.15) is 57.2 Å². The summed E-state index contributed by atoms with van der Waals surface area (Å²) in [5, 5.41) is 10.6. The Morgan fingerprint density at radius 1 is 0.970 bits per heavy atom. The summed E-state index contributed by atoms with van der Waals surface area (Å²) in [6, 6.07) is 24.7. The Kier molecular flexibility index (Phi) is 6.40. The summed E-state index contributed by atoms with van der Waals surface area (Å²) in [7, 11) is 0. The van der Waals surface area contributed by atoms with Crippen molar-refractivity contribution < 1.29 is 14.3 Å². The first-order valence-corrected chi connectivity index (χ1v) is 11.6. The molecule has 4 heteroatoms. The van der Waals surface area contributed by atoms with E-state index in [0.29, 0.717) is 19.4 Å². The second kappa shape index (κ2) is 9.11. The van der Waals surface area contributed by atoms with Gasteiger partial charge in [-0.2, -0.15) is 0 Å². The SMILES string of the molecule is C[C@@H](c1ccc(-c2ccc(F)cc2)cc1)N1CC[C@](CC(C)(C)O)(c2ccccc2)CC1=O. The molecule has 0 bridgehead atoms. The molecule has 3 nitrogen and oxygen atoms in total. The zero-order valence-corrected chi connectivity index (χ0v) is 19.6. The van der Waals surface area contributed by atoms with Crippen LogP contribution in [0.15, 0.2) is 78.9 Å². The molecule has 0 aromatic heterocycles. The molecule has 1 aliphatic rings. The van der Waals surface area contributed by atoms with Gasteiger partial charge in [-0.3, -0.25) is 4.79 Å². The topological polar surface area (TPSA) is 40.5 Å². The van der Waals surface area contributed by atoms with Crippen LogP contribution >= 0.6 is 0 Å². The predicted molar refractivity (Wildman–Crippen MR) is 130 cm³/mol. The molecule has 1 aliphatic heterocycles. The zero-order chi connectivity index (χ0) is 23.6. The highest BCUT2D eigenvalue weighted by Crippen LogP contribution is 2.44. The van der Waals surface area contributed by atoms with Crippen molar-refractivity contribution in [3.8, 4) is 11.1 Å². The van der Waals surface area contributed by atoms with Gasteiger partial charge >= 0.3 is 0 Å². The van der Waals surface area contributed by atoms with Crippen LogP contribution in [0.4, 0.5) is 4.39 Å². The Morgan fingerprint density at radius 2 is 1.55 bits per heavy atom. The molecule has 0 saturated carbocycles. The first kappa shape index (κ1) is 23.2. The Hall–Kier alpha value is -2.98. The number of rotatable bonds is 6. The molecule has 1 saturated heterocycles. The minimum Gasteiger partial charge on any atom is -0.390 e. The van der Waals surface area contributed by atoms with Gasteiger partial charge in [0, 0.05) is 18.4 Å². The Labute approximate surface area is 195 Å². The van der Waals surface area contributed by atoms with Crippen LogP contribution in [0.25, 0.3) is 11.1 Å². The van der Waals surface area contributed by atoms with Gasteiger partial charge in [-0.1, -0.05) is 66.7 Å². The Morgan fingerprint density at radius 3 is 2.09 bits per heavy atom. The van der Waals surface area contributed by atoms with E-state index in [9.17, 15) is 14.3 Å². The third-order valence-electron chi connectivity index (χ3n) is 6.84. The van der Waals surface area contributed by atoms with Gasteiger partial charge < -0.3 is 10.0 Å². The lowest BCUT2D eigenvalue weighted by Gasteiger charge is -2.46. The highest BCUT2D eigenvalue weighted by molar-refractivity contribution is 5.79. The molecule has 4 rings (SSSR count). The number of amides is 1. The van der Waals surface area contributed by atoms with E-state index in [1.807, 2.05) is 61.2 Å². The van der Waals surface area contributed by atoms with E-state index in [-0.39, 0.29) is 23.2 Å². The number of piperidine rings is 1. The van der Waals surface area contributed by atoms with E-state index in [2.05, 4.69) is 19.1 Å². The Balaban J connectivity index is 1.53. The van der Waals surface area contributed by atoms with Crippen molar-refractivity contribution in [1.29, 1.82) is 0 Å². The molecule has 1 heterocycles. The number of hydrogen-bond acceptors (Lipinski definition) is 2. The molecule has 3 aromatic rings. The van der Waals surface area contributed by atoms with Crippen molar-refractivity contribution in [3.05, 3.63) is 95.8 Å². The van der Waals surface area contributed by atoms with E-state index in [1.54, 1.807) is 12.1 Å². The average Bonchev–Trinajstić information content (AvgIpc) is 2.79. The molecule has 3 aromatic carbocycles. The first-order chi connectivity index (χ1) is 15.7. The molecule has 172 valence electrons. The highest BCUT2D eigenvalue weighted by atomic mass is 19.1. The summed E-state index contributed by atoms with van der Waals surface area (Å²) >= 11 is 0. The van der Waals surface area contributed by atoms with Gasteiger partial charge in [-0.05, 0) is 68.0 Å². The monoisotopic (exact) mass is 445 g/mol. The second-order valence-electron chi connectivity index (χ2n) is 9.95. The highest BCUT2D eigenvalue weighted by Gasteiger charge is 2.44. The quantitative estimate of drug-likeness (QED) is 0.485. The smallest absolute Gasteiger partial charge is 0.223 e. The van der Waals surface area contributed by atoms with Crippen molar-refractivity contribution in [2.45, 2.75) is 57.1 Å². The number of nitrogens with zero attached hydrogens (tertiary/aromatic N) is 1. The molecule has 0 spiro atoms. The van der Waals surface area contributed by atoms with Crippen LogP contribution in [-0.4, -0.2) is 28.1 Å². The average molecular weight is 446 g/mol. The van der Waals surface area contributed by atoms with Gasteiger partial charge in [0.25, 0.3) is 0 Å². The van der Waals surface area contributed by atoms with Crippen LogP contribution in [0.2, 0.25) is 0 Å². The fourth-order valence-electron chi connectivity index (χ4n) is 5.24. The standard InChI is InChI=1S/C29H32FNO2/c1-21(22-9-11-23(12-10-22)24-13-15-26(30)16-14-24)31-18-17-29(19-27(31)32,20-28(2,3)33)25-7-5-4-6-8-25/h4-16,21,33H,17-20H2,1-3H3/t21-,29-/m0/s1. The summed E-state index contributed by atoms with van der Waals surface area (Å²) in [5.41, 5.74) is 2.95. The van der Waals surface area contributed by atoms with E-state index < -0.39 is 5.60 Å². The van der Waals surface area contributed by atoms with Crippen molar-refractivity contribution in [1.82, 2.24) is 4.90 Å². The number of aliphatic hydroxyl groups is 1. The molecule has 33 heavy (non-hydrogen) atoms. The summed E-state index contributed by atoms with van der Waals surface area (Å²) < 4.78 is 13.2. The largest absolute Gasteiger partial charge is 0.390 e. The second-order valence-corrected chi connectivity index (χ2v) is 9.95. The zero-order valence-electron chi connectivity index (χ0n) is 19.6. The summed E-state index contributed by atoms with van der Waals surface area (Å²) in [4.78, 5) is 15.4. The van der Waals surface area contributed by atoms with Crippen molar-refractivity contribution >= 4 is 5.91 Å². The van der Waals surface area contributed by atoms with Crippen LogP contribution in [0.3, 0.4) is 0 Å². The van der Waals surface area contributed by atoms with Gasteiger partial charge in [-0.15, -0.1) is 0 Å². The number of carbonyl (C=O) groups excluding carboxylic acids is 1. The molecule has 0 radical (unpaired) electrons. The fourth-order valence-corrected chi connectivity index (χ4v) is 5.24. The van der Waals surface area contributed by atoms with Gasteiger partial charge in [0.1, 0.15) is 5.82 Å². The first-order valence-electron chi connectivity index (χ1n) is 11.6. The molecule has 2 atom stereocenters. The van der Waals surface area contributed by atoms with Gasteiger partial charge in [0.2, 0.25) is 5.91 Å². The summed E-state index contributed by atoms with van der Waals surface area (Å²) in [6.07, 6.45) is 1.74. The number of halogens is 1. The van der Waals surface area contributed by atoms with Crippen molar-refractivity contribution in [2.24, 2.45) is 0 Å².